The van der Waals surface area contributed by atoms with E-state index in [-0.39, 0.29) is 23.4 Å². The number of anilines is 1. The van der Waals surface area contributed by atoms with Crippen molar-refractivity contribution in [1.82, 2.24) is 10.1 Å². The zero-order valence-corrected chi connectivity index (χ0v) is 15.8. The molecule has 8 nitrogen and oxygen atoms in total. The minimum Gasteiger partial charge on any atom is -0.461 e. The molecule has 0 bridgehead atoms. The van der Waals surface area contributed by atoms with E-state index in [4.69, 9.17) is 8.94 Å². The van der Waals surface area contributed by atoms with E-state index in [9.17, 15) is 10.1 Å². The van der Waals surface area contributed by atoms with E-state index in [1.165, 1.54) is 12.3 Å². The lowest BCUT2D eigenvalue weighted by Gasteiger charge is -2.16. The Morgan fingerprint density at radius 1 is 1.14 bits per heavy atom. The monoisotopic (exact) mass is 390 g/mol. The van der Waals surface area contributed by atoms with E-state index in [0.29, 0.717) is 17.0 Å². The number of aryl methyl sites for hydroxylation is 1. The minimum absolute atomic E-state index is 0.0702. The number of rotatable bonds is 6. The molecule has 2 aromatic carbocycles. The van der Waals surface area contributed by atoms with Gasteiger partial charge in [0.2, 0.25) is 5.82 Å². The molecule has 146 valence electrons. The highest BCUT2D eigenvalue weighted by atomic mass is 16.6. The Morgan fingerprint density at radius 3 is 2.62 bits per heavy atom. The molecule has 4 aromatic rings. The van der Waals surface area contributed by atoms with Crippen LogP contribution >= 0.6 is 0 Å². The van der Waals surface area contributed by atoms with Crippen LogP contribution < -0.4 is 5.32 Å². The Labute approximate surface area is 166 Å². The van der Waals surface area contributed by atoms with Gasteiger partial charge in [-0.1, -0.05) is 35.0 Å². The van der Waals surface area contributed by atoms with Crippen LogP contribution in [-0.4, -0.2) is 15.1 Å². The first-order valence-electron chi connectivity index (χ1n) is 9.01. The van der Waals surface area contributed by atoms with Gasteiger partial charge in [0, 0.05) is 17.7 Å². The van der Waals surface area contributed by atoms with E-state index < -0.39 is 4.92 Å². The van der Waals surface area contributed by atoms with Gasteiger partial charge in [-0.3, -0.25) is 10.1 Å². The Hall–Kier alpha value is -3.94. The largest absolute Gasteiger partial charge is 0.461 e. The standard InChI is InChI=1S/C21H18N4O4/c1-13-5-7-15(8-6-13)14(2)22-17-10-9-16(12-18(17)25(26)27)21-23-20(24-29-21)19-4-3-11-28-19/h3-12,14,22H,1-2H3/t14-/m0/s1. The Morgan fingerprint density at radius 2 is 1.93 bits per heavy atom. The SMILES string of the molecule is Cc1ccc([C@H](C)Nc2ccc(-c3nc(-c4ccco4)no3)cc2[N+](=O)[O-])cc1. The van der Waals surface area contributed by atoms with Crippen LogP contribution in [0.4, 0.5) is 11.4 Å². The normalized spacial score (nSPS) is 11.9. The van der Waals surface area contributed by atoms with E-state index in [0.717, 1.165) is 11.1 Å². The molecule has 8 heteroatoms. The lowest BCUT2D eigenvalue weighted by molar-refractivity contribution is -0.383. The molecule has 0 aliphatic carbocycles. The van der Waals surface area contributed by atoms with Crippen molar-refractivity contribution in [3.8, 4) is 23.0 Å². The second-order valence-electron chi connectivity index (χ2n) is 6.67. The van der Waals surface area contributed by atoms with E-state index in [1.807, 2.05) is 38.1 Å². The van der Waals surface area contributed by atoms with Gasteiger partial charge in [-0.15, -0.1) is 0 Å². The maximum atomic E-state index is 11.6. The first-order chi connectivity index (χ1) is 14.0. The highest BCUT2D eigenvalue weighted by Gasteiger charge is 2.20. The van der Waals surface area contributed by atoms with Gasteiger partial charge in [-0.05, 0) is 43.7 Å². The maximum absolute atomic E-state index is 11.6. The van der Waals surface area contributed by atoms with Gasteiger partial charge < -0.3 is 14.3 Å². The van der Waals surface area contributed by atoms with Crippen LogP contribution in [0.5, 0.6) is 0 Å². The average molecular weight is 390 g/mol. The van der Waals surface area contributed by atoms with Gasteiger partial charge in [0.15, 0.2) is 5.76 Å². The molecule has 0 saturated carbocycles. The number of benzene rings is 2. The smallest absolute Gasteiger partial charge is 0.293 e. The summed E-state index contributed by atoms with van der Waals surface area (Å²) in [6.07, 6.45) is 1.51. The highest BCUT2D eigenvalue weighted by Crippen LogP contribution is 2.33. The molecule has 0 radical (unpaired) electrons. The summed E-state index contributed by atoms with van der Waals surface area (Å²) in [5.74, 6) is 0.917. The number of hydrogen-bond acceptors (Lipinski definition) is 7. The van der Waals surface area contributed by atoms with Gasteiger partial charge >= 0.3 is 0 Å². The van der Waals surface area contributed by atoms with Crippen LogP contribution in [0, 0.1) is 17.0 Å². The fourth-order valence-electron chi connectivity index (χ4n) is 2.96. The van der Waals surface area contributed by atoms with Crippen LogP contribution in [0.25, 0.3) is 23.0 Å². The molecule has 2 aromatic heterocycles. The van der Waals surface area contributed by atoms with Gasteiger partial charge in [0.1, 0.15) is 5.69 Å². The van der Waals surface area contributed by atoms with Crippen molar-refractivity contribution in [2.45, 2.75) is 19.9 Å². The summed E-state index contributed by atoms with van der Waals surface area (Å²) in [5.41, 5.74) is 2.99. The second-order valence-corrected chi connectivity index (χ2v) is 6.67. The number of nitrogens with zero attached hydrogens (tertiary/aromatic N) is 3. The van der Waals surface area contributed by atoms with Gasteiger partial charge in [0.25, 0.3) is 11.6 Å². The van der Waals surface area contributed by atoms with Crippen molar-refractivity contribution in [2.75, 3.05) is 5.32 Å². The quantitative estimate of drug-likeness (QED) is 0.347. The van der Waals surface area contributed by atoms with Crippen LogP contribution in [0.15, 0.2) is 69.8 Å². The summed E-state index contributed by atoms with van der Waals surface area (Å²) in [7, 11) is 0. The fraction of sp³-hybridized carbons (Fsp3) is 0.143. The fourth-order valence-corrected chi connectivity index (χ4v) is 2.96. The number of nitrogens with one attached hydrogen (secondary N) is 1. The highest BCUT2D eigenvalue weighted by molar-refractivity contribution is 5.70. The van der Waals surface area contributed by atoms with E-state index >= 15 is 0 Å². The summed E-state index contributed by atoms with van der Waals surface area (Å²) in [6.45, 7) is 3.97. The Balaban J connectivity index is 1.62. The molecule has 0 amide bonds. The van der Waals surface area contributed by atoms with Crippen LogP contribution in [-0.2, 0) is 0 Å². The van der Waals surface area contributed by atoms with Crippen molar-refractivity contribution < 1.29 is 13.9 Å². The van der Waals surface area contributed by atoms with Gasteiger partial charge in [0.05, 0.1) is 11.2 Å². The third-order valence-electron chi connectivity index (χ3n) is 4.56. The average Bonchev–Trinajstić information content (AvgIpc) is 3.40. The number of hydrogen-bond donors (Lipinski definition) is 1. The predicted molar refractivity (Wildman–Crippen MR) is 107 cm³/mol. The third kappa shape index (κ3) is 3.86. The number of furan rings is 1. The van der Waals surface area contributed by atoms with Gasteiger partial charge in [-0.25, -0.2) is 0 Å². The van der Waals surface area contributed by atoms with E-state index in [1.54, 1.807) is 24.3 Å². The summed E-state index contributed by atoms with van der Waals surface area (Å²) < 4.78 is 10.5. The zero-order valence-electron chi connectivity index (χ0n) is 15.8. The lowest BCUT2D eigenvalue weighted by atomic mass is 10.1. The number of nitro benzene ring substituents is 1. The third-order valence-corrected chi connectivity index (χ3v) is 4.56. The molecule has 1 N–H and O–H groups in total. The first-order valence-corrected chi connectivity index (χ1v) is 9.01. The molecular weight excluding hydrogens is 372 g/mol. The summed E-state index contributed by atoms with van der Waals surface area (Å²) in [6, 6.07) is 16.1. The number of aromatic nitrogens is 2. The molecule has 29 heavy (non-hydrogen) atoms. The topological polar surface area (TPSA) is 107 Å². The molecule has 0 saturated heterocycles. The first kappa shape index (κ1) is 18.4. The molecule has 0 aliphatic rings. The van der Waals surface area contributed by atoms with Crippen molar-refractivity contribution in [1.29, 1.82) is 0 Å². The van der Waals surface area contributed by atoms with Crippen molar-refractivity contribution in [2.24, 2.45) is 0 Å². The van der Waals surface area contributed by atoms with E-state index in [2.05, 4.69) is 15.5 Å². The molecule has 0 unspecified atom stereocenters. The summed E-state index contributed by atoms with van der Waals surface area (Å²) in [5, 5.41) is 18.7. The molecule has 2 heterocycles. The Bertz CT molecular complexity index is 1130. The van der Waals surface area contributed by atoms with Crippen molar-refractivity contribution in [3.05, 3.63) is 82.1 Å². The molecule has 1 atom stereocenters. The molecular formula is C21H18N4O4. The zero-order chi connectivity index (χ0) is 20.4. The van der Waals surface area contributed by atoms with Crippen LogP contribution in [0.2, 0.25) is 0 Å². The second kappa shape index (κ2) is 7.59. The maximum Gasteiger partial charge on any atom is 0.293 e. The van der Waals surface area contributed by atoms with Gasteiger partial charge in [-0.2, -0.15) is 4.98 Å². The summed E-state index contributed by atoms with van der Waals surface area (Å²) in [4.78, 5) is 15.5. The summed E-state index contributed by atoms with van der Waals surface area (Å²) >= 11 is 0. The molecule has 0 fully saturated rings. The van der Waals surface area contributed by atoms with Crippen LogP contribution in [0.1, 0.15) is 24.1 Å². The minimum atomic E-state index is -0.433. The van der Waals surface area contributed by atoms with Crippen molar-refractivity contribution in [3.63, 3.8) is 0 Å². The predicted octanol–water partition coefficient (Wildman–Crippen LogP) is 5.39. The van der Waals surface area contributed by atoms with Crippen molar-refractivity contribution >= 4 is 11.4 Å². The lowest BCUT2D eigenvalue weighted by Crippen LogP contribution is -2.08. The Kier molecular flexibility index (Phi) is 4.82. The molecule has 0 spiro atoms. The molecule has 4 rings (SSSR count). The number of nitro groups is 1. The van der Waals surface area contributed by atoms with Crippen LogP contribution in [0.3, 0.4) is 0 Å². The molecule has 0 aliphatic heterocycles.